The van der Waals surface area contributed by atoms with Crippen molar-refractivity contribution in [3.8, 4) is 0 Å². The molecule has 0 saturated carbocycles. The second-order valence-electron chi connectivity index (χ2n) is 4.41. The number of rotatable bonds is 5. The van der Waals surface area contributed by atoms with Crippen LogP contribution in [-0.2, 0) is 9.59 Å². The molecule has 4 nitrogen and oxygen atoms in total. The SMILES string of the molecule is CCSCC(C)N1C(=O)C(C)NC(=O)C1CC. The molecule has 2 amide bonds. The normalized spacial score (nSPS) is 26.9. The summed E-state index contributed by atoms with van der Waals surface area (Å²) >= 11 is 1.80. The lowest BCUT2D eigenvalue weighted by Crippen LogP contribution is -2.64. The Balaban J connectivity index is 2.81. The highest BCUT2D eigenvalue weighted by Gasteiger charge is 2.39. The van der Waals surface area contributed by atoms with E-state index in [9.17, 15) is 9.59 Å². The van der Waals surface area contributed by atoms with Gasteiger partial charge in [-0.2, -0.15) is 11.8 Å². The predicted molar refractivity (Wildman–Crippen MR) is 71.0 cm³/mol. The van der Waals surface area contributed by atoms with Gasteiger partial charge >= 0.3 is 0 Å². The van der Waals surface area contributed by atoms with Crippen molar-refractivity contribution in [1.29, 1.82) is 0 Å². The summed E-state index contributed by atoms with van der Waals surface area (Å²) in [6.07, 6.45) is 0.672. The lowest BCUT2D eigenvalue weighted by molar-refractivity contribution is -0.150. The van der Waals surface area contributed by atoms with Gasteiger partial charge in [0.2, 0.25) is 11.8 Å². The summed E-state index contributed by atoms with van der Waals surface area (Å²) in [4.78, 5) is 25.8. The molecule has 1 fully saturated rings. The molecule has 0 radical (unpaired) electrons. The van der Waals surface area contributed by atoms with Crippen LogP contribution in [-0.4, -0.2) is 46.3 Å². The molecule has 0 spiro atoms. The Morgan fingerprint density at radius 2 is 2.06 bits per heavy atom. The van der Waals surface area contributed by atoms with E-state index in [4.69, 9.17) is 0 Å². The first-order valence-electron chi connectivity index (χ1n) is 6.23. The molecular formula is C12H22N2O2S. The second kappa shape index (κ2) is 6.28. The molecule has 98 valence electrons. The van der Waals surface area contributed by atoms with E-state index in [-0.39, 0.29) is 29.9 Å². The number of piperazine rings is 1. The maximum Gasteiger partial charge on any atom is 0.245 e. The summed E-state index contributed by atoms with van der Waals surface area (Å²) in [5, 5.41) is 2.73. The summed E-state index contributed by atoms with van der Waals surface area (Å²) in [7, 11) is 0. The average Bonchev–Trinajstić information content (AvgIpc) is 2.30. The molecule has 1 aliphatic rings. The van der Waals surface area contributed by atoms with Crippen LogP contribution in [0.3, 0.4) is 0 Å². The molecule has 0 aliphatic carbocycles. The number of carbonyl (C=O) groups is 2. The van der Waals surface area contributed by atoms with Crippen LogP contribution >= 0.6 is 11.8 Å². The van der Waals surface area contributed by atoms with Crippen LogP contribution in [0.25, 0.3) is 0 Å². The monoisotopic (exact) mass is 258 g/mol. The molecule has 1 saturated heterocycles. The standard InChI is InChI=1S/C12H22N2O2S/c1-5-10-11(15)13-9(4)12(16)14(10)8(3)7-17-6-2/h8-10H,5-7H2,1-4H3,(H,13,15). The number of nitrogens with one attached hydrogen (secondary N) is 1. The Morgan fingerprint density at radius 3 is 2.59 bits per heavy atom. The molecule has 5 heteroatoms. The molecule has 1 rings (SSSR count). The van der Waals surface area contributed by atoms with E-state index >= 15 is 0 Å². The summed E-state index contributed by atoms with van der Waals surface area (Å²) in [6, 6.07) is -0.573. The van der Waals surface area contributed by atoms with Gasteiger partial charge in [-0.05, 0) is 26.0 Å². The van der Waals surface area contributed by atoms with Gasteiger partial charge in [-0.15, -0.1) is 0 Å². The summed E-state index contributed by atoms with van der Waals surface area (Å²) < 4.78 is 0. The van der Waals surface area contributed by atoms with Gasteiger partial charge < -0.3 is 10.2 Å². The number of carbonyl (C=O) groups excluding carboxylic acids is 2. The Labute approximate surface area is 108 Å². The first-order chi connectivity index (χ1) is 8.02. The zero-order chi connectivity index (χ0) is 13.0. The van der Waals surface area contributed by atoms with Crippen LogP contribution in [0.5, 0.6) is 0 Å². The minimum Gasteiger partial charge on any atom is -0.343 e. The quantitative estimate of drug-likeness (QED) is 0.807. The fourth-order valence-electron chi connectivity index (χ4n) is 2.15. The molecule has 0 aromatic carbocycles. The molecule has 3 atom stereocenters. The molecule has 0 bridgehead atoms. The van der Waals surface area contributed by atoms with Crippen LogP contribution < -0.4 is 5.32 Å². The van der Waals surface area contributed by atoms with Crippen molar-refractivity contribution in [2.45, 2.75) is 52.2 Å². The first kappa shape index (κ1) is 14.4. The second-order valence-corrected chi connectivity index (χ2v) is 5.73. The zero-order valence-corrected chi connectivity index (χ0v) is 11.8. The molecule has 1 aliphatic heterocycles. The minimum absolute atomic E-state index is 0.0204. The Morgan fingerprint density at radius 1 is 1.41 bits per heavy atom. The minimum atomic E-state index is -0.389. The van der Waals surface area contributed by atoms with E-state index in [0.29, 0.717) is 6.42 Å². The maximum atomic E-state index is 12.1. The van der Waals surface area contributed by atoms with Crippen molar-refractivity contribution < 1.29 is 9.59 Å². The van der Waals surface area contributed by atoms with E-state index in [2.05, 4.69) is 12.2 Å². The van der Waals surface area contributed by atoms with Crippen LogP contribution in [0.1, 0.15) is 34.1 Å². The Kier molecular flexibility index (Phi) is 5.31. The molecule has 3 unspecified atom stereocenters. The van der Waals surface area contributed by atoms with E-state index in [1.165, 1.54) is 0 Å². The fourth-order valence-corrected chi connectivity index (χ4v) is 2.89. The van der Waals surface area contributed by atoms with Gasteiger partial charge in [-0.3, -0.25) is 9.59 Å². The number of nitrogens with zero attached hydrogens (tertiary/aromatic N) is 1. The van der Waals surface area contributed by atoms with Gasteiger partial charge in [0.05, 0.1) is 0 Å². The highest BCUT2D eigenvalue weighted by atomic mass is 32.2. The topological polar surface area (TPSA) is 49.4 Å². The molecule has 0 aromatic rings. The molecule has 1 N–H and O–H groups in total. The first-order valence-corrected chi connectivity index (χ1v) is 7.38. The van der Waals surface area contributed by atoms with Gasteiger partial charge in [-0.25, -0.2) is 0 Å². The third kappa shape index (κ3) is 3.15. The van der Waals surface area contributed by atoms with E-state index in [1.807, 2.05) is 13.8 Å². The van der Waals surface area contributed by atoms with Crippen LogP contribution in [0.2, 0.25) is 0 Å². The number of amides is 2. The van der Waals surface area contributed by atoms with Crippen molar-refractivity contribution in [3.63, 3.8) is 0 Å². The number of thioether (sulfide) groups is 1. The third-order valence-electron chi connectivity index (χ3n) is 3.05. The van der Waals surface area contributed by atoms with Crippen molar-refractivity contribution in [1.82, 2.24) is 10.2 Å². The van der Waals surface area contributed by atoms with E-state index < -0.39 is 0 Å². The van der Waals surface area contributed by atoms with Gasteiger partial charge in [-0.1, -0.05) is 13.8 Å². The van der Waals surface area contributed by atoms with Crippen LogP contribution in [0.15, 0.2) is 0 Å². The lowest BCUT2D eigenvalue weighted by atomic mass is 10.0. The smallest absolute Gasteiger partial charge is 0.245 e. The predicted octanol–water partition coefficient (Wildman–Crippen LogP) is 1.25. The zero-order valence-electron chi connectivity index (χ0n) is 11.0. The van der Waals surface area contributed by atoms with Crippen molar-refractivity contribution >= 4 is 23.6 Å². The van der Waals surface area contributed by atoms with Gasteiger partial charge in [0.25, 0.3) is 0 Å². The van der Waals surface area contributed by atoms with E-state index in [1.54, 1.807) is 23.6 Å². The number of hydrogen-bond donors (Lipinski definition) is 1. The van der Waals surface area contributed by atoms with Crippen LogP contribution in [0.4, 0.5) is 0 Å². The van der Waals surface area contributed by atoms with Gasteiger partial charge in [0.1, 0.15) is 12.1 Å². The molecule has 1 heterocycles. The average molecular weight is 258 g/mol. The summed E-state index contributed by atoms with van der Waals surface area (Å²) in [5.74, 6) is 1.94. The fraction of sp³-hybridized carbons (Fsp3) is 0.833. The molecule has 0 aromatic heterocycles. The Bertz CT molecular complexity index is 296. The lowest BCUT2D eigenvalue weighted by Gasteiger charge is -2.41. The maximum absolute atomic E-state index is 12.1. The third-order valence-corrected chi connectivity index (χ3v) is 4.17. The molecule has 17 heavy (non-hydrogen) atoms. The van der Waals surface area contributed by atoms with Crippen molar-refractivity contribution in [3.05, 3.63) is 0 Å². The van der Waals surface area contributed by atoms with Crippen molar-refractivity contribution in [2.75, 3.05) is 11.5 Å². The van der Waals surface area contributed by atoms with Gasteiger partial charge in [0, 0.05) is 11.8 Å². The highest BCUT2D eigenvalue weighted by Crippen LogP contribution is 2.19. The summed E-state index contributed by atoms with van der Waals surface area (Å²) in [5.41, 5.74) is 0. The Hall–Kier alpha value is -0.710. The number of hydrogen-bond acceptors (Lipinski definition) is 3. The van der Waals surface area contributed by atoms with E-state index in [0.717, 1.165) is 11.5 Å². The van der Waals surface area contributed by atoms with Crippen molar-refractivity contribution in [2.24, 2.45) is 0 Å². The highest BCUT2D eigenvalue weighted by molar-refractivity contribution is 7.99. The largest absolute Gasteiger partial charge is 0.343 e. The molecular weight excluding hydrogens is 236 g/mol. The van der Waals surface area contributed by atoms with Crippen LogP contribution in [0, 0.1) is 0 Å². The van der Waals surface area contributed by atoms with Gasteiger partial charge in [0.15, 0.2) is 0 Å². The summed E-state index contributed by atoms with van der Waals surface area (Å²) in [6.45, 7) is 7.82.